The molecule has 2 aromatic heterocycles. The van der Waals surface area contributed by atoms with Gasteiger partial charge in [-0.05, 0) is 36.5 Å². The molecule has 6 nitrogen and oxygen atoms in total. The molecule has 0 aliphatic carbocycles. The second-order valence-electron chi connectivity index (χ2n) is 6.42. The van der Waals surface area contributed by atoms with Gasteiger partial charge in [0.15, 0.2) is 5.16 Å². The predicted octanol–water partition coefficient (Wildman–Crippen LogP) is 3.17. The van der Waals surface area contributed by atoms with Crippen LogP contribution in [0.5, 0.6) is 0 Å². The van der Waals surface area contributed by atoms with Crippen molar-refractivity contribution in [1.29, 1.82) is 0 Å². The monoisotopic (exact) mass is 391 g/mol. The molecule has 8 heteroatoms. The van der Waals surface area contributed by atoms with Gasteiger partial charge in [0, 0.05) is 38.1 Å². The van der Waals surface area contributed by atoms with Crippen LogP contribution in [0.4, 0.5) is 5.82 Å². The van der Waals surface area contributed by atoms with Crippen LogP contribution in [-0.2, 0) is 11.3 Å². The van der Waals surface area contributed by atoms with E-state index in [1.807, 2.05) is 12.1 Å². The number of anilines is 1. The first-order valence-corrected chi connectivity index (χ1v) is 10.0. The number of carbonyl (C=O) groups is 1. The highest BCUT2D eigenvalue weighted by molar-refractivity contribution is 7.99. The zero-order valence-corrected chi connectivity index (χ0v) is 16.3. The topological polar surface area (TPSA) is 71.0 Å². The number of halogens is 1. The summed E-state index contributed by atoms with van der Waals surface area (Å²) in [7, 11) is 0. The fraction of sp³-hybridized carbons (Fsp3) is 0.444. The van der Waals surface area contributed by atoms with Crippen molar-refractivity contribution in [3.63, 3.8) is 0 Å². The van der Waals surface area contributed by atoms with Crippen LogP contribution in [0.15, 0.2) is 35.7 Å². The van der Waals surface area contributed by atoms with Gasteiger partial charge in [-0.2, -0.15) is 0 Å². The first-order valence-electron chi connectivity index (χ1n) is 8.68. The molecule has 1 aliphatic rings. The molecular weight excluding hydrogens is 370 g/mol. The maximum absolute atomic E-state index is 12.1. The van der Waals surface area contributed by atoms with Gasteiger partial charge in [0.25, 0.3) is 0 Å². The van der Waals surface area contributed by atoms with Crippen molar-refractivity contribution in [1.82, 2.24) is 20.3 Å². The van der Waals surface area contributed by atoms with E-state index >= 15 is 0 Å². The molecule has 0 bridgehead atoms. The Kier molecular flexibility index (Phi) is 6.68. The van der Waals surface area contributed by atoms with Gasteiger partial charge in [0.1, 0.15) is 11.0 Å². The zero-order valence-electron chi connectivity index (χ0n) is 14.7. The molecule has 1 N–H and O–H groups in total. The molecule has 3 rings (SSSR count). The molecule has 0 aromatic carbocycles. The number of hydrogen-bond acceptors (Lipinski definition) is 6. The molecule has 0 atom stereocenters. The Bertz CT molecular complexity index is 738. The Hall–Kier alpha value is -1.86. The van der Waals surface area contributed by atoms with Crippen LogP contribution in [0, 0.1) is 5.92 Å². The predicted molar refractivity (Wildman–Crippen MR) is 104 cm³/mol. The van der Waals surface area contributed by atoms with Gasteiger partial charge in [-0.15, -0.1) is 0 Å². The van der Waals surface area contributed by atoms with Crippen molar-refractivity contribution in [2.75, 3.05) is 23.7 Å². The summed E-state index contributed by atoms with van der Waals surface area (Å²) >= 11 is 7.46. The van der Waals surface area contributed by atoms with Crippen LogP contribution in [0.25, 0.3) is 0 Å². The van der Waals surface area contributed by atoms with Crippen LogP contribution in [0.2, 0.25) is 5.15 Å². The van der Waals surface area contributed by atoms with E-state index in [-0.39, 0.29) is 11.7 Å². The van der Waals surface area contributed by atoms with Gasteiger partial charge >= 0.3 is 0 Å². The maximum Gasteiger partial charge on any atom is 0.230 e. The van der Waals surface area contributed by atoms with E-state index in [2.05, 4.69) is 32.1 Å². The van der Waals surface area contributed by atoms with Crippen molar-refractivity contribution in [3.05, 3.63) is 41.3 Å². The number of nitrogens with one attached hydrogen (secondary N) is 1. The molecular formula is C18H22ClN5OS. The van der Waals surface area contributed by atoms with Gasteiger partial charge in [-0.25, -0.2) is 9.97 Å². The molecule has 26 heavy (non-hydrogen) atoms. The zero-order chi connectivity index (χ0) is 18.4. The van der Waals surface area contributed by atoms with Gasteiger partial charge in [-0.1, -0.05) is 30.3 Å². The highest BCUT2D eigenvalue weighted by Crippen LogP contribution is 2.25. The normalized spacial score (nSPS) is 15.1. The average Bonchev–Trinajstić information content (AvgIpc) is 2.66. The number of thioether (sulfide) groups is 1. The molecule has 138 valence electrons. The maximum atomic E-state index is 12.1. The Morgan fingerprint density at radius 2 is 2.04 bits per heavy atom. The lowest BCUT2D eigenvalue weighted by molar-refractivity contribution is -0.118. The summed E-state index contributed by atoms with van der Waals surface area (Å²) in [5, 5.41) is 3.82. The van der Waals surface area contributed by atoms with Crippen molar-refractivity contribution in [3.8, 4) is 0 Å². The quantitative estimate of drug-likeness (QED) is 0.463. The molecule has 0 spiro atoms. The van der Waals surface area contributed by atoms with E-state index in [1.54, 1.807) is 18.5 Å². The van der Waals surface area contributed by atoms with E-state index in [0.29, 0.717) is 16.9 Å². The SMILES string of the molecule is CC1CCN(c2cc(Cl)nc(SCC(=O)NCc3ccncc3)n2)CC1. The Labute approximate surface area is 162 Å². The van der Waals surface area contributed by atoms with Crippen LogP contribution < -0.4 is 10.2 Å². The van der Waals surface area contributed by atoms with Crippen LogP contribution >= 0.6 is 23.4 Å². The first kappa shape index (κ1) is 18.9. The number of piperidine rings is 1. The molecule has 0 radical (unpaired) electrons. The number of amides is 1. The van der Waals surface area contributed by atoms with E-state index in [0.717, 1.165) is 43.2 Å². The first-order chi connectivity index (χ1) is 12.6. The van der Waals surface area contributed by atoms with Crippen LogP contribution in [-0.4, -0.2) is 39.7 Å². The molecule has 0 saturated carbocycles. The third-order valence-corrected chi connectivity index (χ3v) is 5.38. The third kappa shape index (κ3) is 5.57. The van der Waals surface area contributed by atoms with Crippen LogP contribution in [0.3, 0.4) is 0 Å². The van der Waals surface area contributed by atoms with Crippen molar-refractivity contribution in [2.24, 2.45) is 5.92 Å². The Morgan fingerprint density at radius 1 is 1.31 bits per heavy atom. The van der Waals surface area contributed by atoms with Gasteiger partial charge in [-0.3, -0.25) is 9.78 Å². The summed E-state index contributed by atoms with van der Waals surface area (Å²) in [4.78, 5) is 27.1. The molecule has 3 heterocycles. The fourth-order valence-electron chi connectivity index (χ4n) is 2.73. The minimum absolute atomic E-state index is 0.0660. The molecule has 1 amide bonds. The van der Waals surface area contributed by atoms with E-state index in [4.69, 9.17) is 11.6 Å². The summed E-state index contributed by atoms with van der Waals surface area (Å²) < 4.78 is 0. The molecule has 0 unspecified atom stereocenters. The summed E-state index contributed by atoms with van der Waals surface area (Å²) in [5.74, 6) is 1.78. The summed E-state index contributed by atoms with van der Waals surface area (Å²) in [6.07, 6.45) is 5.72. The number of carbonyl (C=O) groups excluding carboxylic acids is 1. The molecule has 1 aliphatic heterocycles. The smallest absolute Gasteiger partial charge is 0.230 e. The van der Waals surface area contributed by atoms with Crippen LogP contribution in [0.1, 0.15) is 25.3 Å². The minimum atomic E-state index is -0.0660. The van der Waals surface area contributed by atoms with Crippen molar-refractivity contribution >= 4 is 35.1 Å². The summed E-state index contributed by atoms with van der Waals surface area (Å²) in [6.45, 7) is 4.71. The molecule has 1 fully saturated rings. The number of aromatic nitrogens is 3. The van der Waals surface area contributed by atoms with E-state index in [1.165, 1.54) is 11.8 Å². The van der Waals surface area contributed by atoms with Gasteiger partial charge < -0.3 is 10.2 Å². The highest BCUT2D eigenvalue weighted by atomic mass is 35.5. The van der Waals surface area contributed by atoms with Gasteiger partial charge in [0.05, 0.1) is 5.75 Å². The number of hydrogen-bond donors (Lipinski definition) is 1. The second kappa shape index (κ2) is 9.19. The fourth-order valence-corrected chi connectivity index (χ4v) is 3.64. The molecule has 2 aromatic rings. The Balaban J connectivity index is 1.53. The lowest BCUT2D eigenvalue weighted by Crippen LogP contribution is -2.33. The molecule has 1 saturated heterocycles. The second-order valence-corrected chi connectivity index (χ2v) is 7.75. The third-order valence-electron chi connectivity index (χ3n) is 4.34. The number of pyridine rings is 1. The summed E-state index contributed by atoms with van der Waals surface area (Å²) in [6, 6.07) is 5.55. The Morgan fingerprint density at radius 3 is 2.77 bits per heavy atom. The van der Waals surface area contributed by atoms with Crippen molar-refractivity contribution in [2.45, 2.75) is 31.5 Å². The summed E-state index contributed by atoms with van der Waals surface area (Å²) in [5.41, 5.74) is 1.01. The highest BCUT2D eigenvalue weighted by Gasteiger charge is 2.18. The largest absolute Gasteiger partial charge is 0.356 e. The number of nitrogens with zero attached hydrogens (tertiary/aromatic N) is 4. The number of rotatable bonds is 6. The van der Waals surface area contributed by atoms with Crippen molar-refractivity contribution < 1.29 is 4.79 Å². The average molecular weight is 392 g/mol. The van der Waals surface area contributed by atoms with E-state index < -0.39 is 0 Å². The lowest BCUT2D eigenvalue weighted by atomic mass is 9.99. The standard InChI is InChI=1S/C18H22ClN5OS/c1-13-4-8-24(9-5-13)16-10-15(19)22-18(23-16)26-12-17(25)21-11-14-2-6-20-7-3-14/h2-3,6-7,10,13H,4-5,8-9,11-12H2,1H3,(H,21,25). The van der Waals surface area contributed by atoms with E-state index in [9.17, 15) is 4.79 Å². The van der Waals surface area contributed by atoms with Gasteiger partial charge in [0.2, 0.25) is 5.91 Å². The lowest BCUT2D eigenvalue weighted by Gasteiger charge is -2.31. The minimum Gasteiger partial charge on any atom is -0.356 e.